The second-order valence-corrected chi connectivity index (χ2v) is 4.29. The van der Waals surface area contributed by atoms with Crippen LogP contribution in [0.5, 0.6) is 0 Å². The summed E-state index contributed by atoms with van der Waals surface area (Å²) in [5, 5.41) is 0. The highest BCUT2D eigenvalue weighted by molar-refractivity contribution is 8.08. The maximum Gasteiger partial charge on any atom is 0.283 e. The molecule has 1 unspecified atom stereocenters. The van der Waals surface area contributed by atoms with Gasteiger partial charge in [0.05, 0.1) is 4.91 Å². The Balaban J connectivity index is 2.09. The van der Waals surface area contributed by atoms with E-state index in [4.69, 9.17) is 0 Å². The van der Waals surface area contributed by atoms with Crippen LogP contribution in [-0.4, -0.2) is 12.1 Å². The molecule has 2 aliphatic heterocycles. The number of hydrogen-bond donors (Lipinski definition) is 0. The van der Waals surface area contributed by atoms with Crippen molar-refractivity contribution in [1.82, 2.24) is 0 Å². The van der Waals surface area contributed by atoms with Crippen LogP contribution in [0.15, 0.2) is 38.6 Å². The molecule has 3 heteroatoms. The molecule has 0 aromatic rings. The van der Waals surface area contributed by atoms with E-state index in [9.17, 15) is 4.79 Å². The number of hydrogen-bond acceptors (Lipinski definition) is 2. The Labute approximate surface area is 80.1 Å². The molecule has 64 valence electrons. The third kappa shape index (κ3) is 0.907. The van der Waals surface area contributed by atoms with E-state index in [2.05, 4.69) is 23.2 Å². The van der Waals surface area contributed by atoms with Crippen molar-refractivity contribution in [2.45, 2.75) is 6.42 Å². The molecule has 0 fully saturated rings. The topological polar surface area (TPSA) is 29.4 Å². The van der Waals surface area contributed by atoms with E-state index >= 15 is 0 Å². The zero-order valence-corrected chi connectivity index (χ0v) is 7.67. The summed E-state index contributed by atoms with van der Waals surface area (Å²) in [6.07, 6.45) is 8.85. The van der Waals surface area contributed by atoms with Crippen LogP contribution in [0.1, 0.15) is 6.42 Å². The average Bonchev–Trinajstić information content (AvgIpc) is 2.65. The highest BCUT2D eigenvalue weighted by Crippen LogP contribution is 2.50. The predicted molar refractivity (Wildman–Crippen MR) is 53.4 cm³/mol. The lowest BCUT2D eigenvalue weighted by molar-refractivity contribution is -0.113. The van der Waals surface area contributed by atoms with E-state index < -0.39 is 0 Å². The fourth-order valence-corrected chi connectivity index (χ4v) is 3.07. The Morgan fingerprint density at radius 3 is 3.38 bits per heavy atom. The van der Waals surface area contributed by atoms with Crippen molar-refractivity contribution in [3.05, 3.63) is 33.6 Å². The second kappa shape index (κ2) is 2.45. The number of aliphatic imine (C=N–C) groups is 1. The first kappa shape index (κ1) is 7.33. The van der Waals surface area contributed by atoms with Crippen LogP contribution in [0.3, 0.4) is 0 Å². The number of rotatable bonds is 0. The molecule has 0 saturated carbocycles. The van der Waals surface area contributed by atoms with E-state index in [1.165, 1.54) is 10.5 Å². The van der Waals surface area contributed by atoms with Crippen molar-refractivity contribution >= 4 is 23.9 Å². The molecule has 1 amide bonds. The molecule has 0 aromatic heterocycles. The average molecular weight is 189 g/mol. The standard InChI is InChI=1S/C10H7NOS/c12-10-9-7(4-5-11-10)6-2-1-3-8(6)13-9/h1-3,5-6H,4H2. The molecular weight excluding hydrogens is 182 g/mol. The third-order valence-electron chi connectivity index (χ3n) is 2.47. The number of carbonyl (C=O) groups excluding carboxylic acids is 1. The molecule has 0 aromatic carbocycles. The van der Waals surface area contributed by atoms with E-state index in [-0.39, 0.29) is 5.91 Å². The van der Waals surface area contributed by atoms with Gasteiger partial charge in [-0.05, 0) is 5.57 Å². The summed E-state index contributed by atoms with van der Waals surface area (Å²) in [6, 6.07) is 0. The summed E-state index contributed by atoms with van der Waals surface area (Å²) in [5.74, 6) is 0.325. The fourth-order valence-electron chi connectivity index (χ4n) is 1.86. The summed E-state index contributed by atoms with van der Waals surface area (Å²) in [4.78, 5) is 17.3. The molecule has 1 atom stereocenters. The Morgan fingerprint density at radius 2 is 2.46 bits per heavy atom. The van der Waals surface area contributed by atoms with Crippen LogP contribution in [0.4, 0.5) is 0 Å². The summed E-state index contributed by atoms with van der Waals surface area (Å²) in [5.41, 5.74) is 1.24. The van der Waals surface area contributed by atoms with Crippen molar-refractivity contribution in [1.29, 1.82) is 0 Å². The molecule has 3 rings (SSSR count). The number of allylic oxidation sites excluding steroid dienone is 5. The third-order valence-corrected chi connectivity index (χ3v) is 3.74. The largest absolute Gasteiger partial charge is 0.283 e. The number of fused-ring (bicyclic) bond motifs is 2. The molecule has 0 radical (unpaired) electrons. The van der Waals surface area contributed by atoms with Crippen LogP contribution in [0.2, 0.25) is 0 Å². The van der Waals surface area contributed by atoms with Gasteiger partial charge < -0.3 is 0 Å². The fraction of sp³-hybridized carbons (Fsp3) is 0.200. The second-order valence-electron chi connectivity index (χ2n) is 3.21. The Hall–Kier alpha value is -1.09. The summed E-state index contributed by atoms with van der Waals surface area (Å²) < 4.78 is 0. The highest BCUT2D eigenvalue weighted by atomic mass is 32.2. The van der Waals surface area contributed by atoms with Gasteiger partial charge in [0.2, 0.25) is 0 Å². The van der Waals surface area contributed by atoms with Crippen molar-refractivity contribution in [2.24, 2.45) is 10.9 Å². The highest BCUT2D eigenvalue weighted by Gasteiger charge is 2.34. The van der Waals surface area contributed by atoms with Gasteiger partial charge in [0, 0.05) is 23.5 Å². The van der Waals surface area contributed by atoms with Gasteiger partial charge in [0.1, 0.15) is 0 Å². The maximum absolute atomic E-state index is 11.4. The van der Waals surface area contributed by atoms with Crippen molar-refractivity contribution < 1.29 is 4.79 Å². The minimum absolute atomic E-state index is 0.0602. The smallest absolute Gasteiger partial charge is 0.266 e. The normalized spacial score (nSPS) is 29.4. The van der Waals surface area contributed by atoms with Crippen LogP contribution < -0.4 is 0 Å². The maximum atomic E-state index is 11.4. The van der Waals surface area contributed by atoms with Gasteiger partial charge in [-0.25, -0.2) is 4.99 Å². The molecule has 2 nitrogen and oxygen atoms in total. The Kier molecular flexibility index (Phi) is 1.38. The number of carbonyl (C=O) groups is 1. The molecular formula is C10H7NOS. The van der Waals surface area contributed by atoms with Crippen molar-refractivity contribution in [3.8, 4) is 0 Å². The minimum atomic E-state index is -0.0602. The number of nitrogens with zero attached hydrogens (tertiary/aromatic N) is 1. The van der Waals surface area contributed by atoms with Crippen LogP contribution in [0, 0.1) is 5.92 Å². The predicted octanol–water partition coefficient (Wildman–Crippen LogP) is 2.06. The van der Waals surface area contributed by atoms with Crippen LogP contribution in [0.25, 0.3) is 0 Å². The van der Waals surface area contributed by atoms with E-state index in [1.54, 1.807) is 18.0 Å². The van der Waals surface area contributed by atoms with Crippen molar-refractivity contribution in [3.63, 3.8) is 0 Å². The summed E-state index contributed by atoms with van der Waals surface area (Å²) >= 11 is 1.59. The van der Waals surface area contributed by atoms with Gasteiger partial charge in [-0.2, -0.15) is 0 Å². The Morgan fingerprint density at radius 1 is 1.54 bits per heavy atom. The van der Waals surface area contributed by atoms with E-state index in [0.29, 0.717) is 5.92 Å². The number of dihydropyridines is 1. The zero-order chi connectivity index (χ0) is 8.84. The van der Waals surface area contributed by atoms with Gasteiger partial charge in [-0.3, -0.25) is 4.79 Å². The zero-order valence-electron chi connectivity index (χ0n) is 6.86. The van der Waals surface area contributed by atoms with Crippen LogP contribution in [-0.2, 0) is 4.79 Å². The molecule has 0 N–H and O–H groups in total. The number of amides is 1. The monoisotopic (exact) mass is 189 g/mol. The molecule has 1 aliphatic carbocycles. The molecule has 0 spiro atoms. The quantitative estimate of drug-likeness (QED) is 0.583. The van der Waals surface area contributed by atoms with Gasteiger partial charge in [-0.1, -0.05) is 30.0 Å². The summed E-state index contributed by atoms with van der Waals surface area (Å²) in [6.45, 7) is 0. The number of thioether (sulfide) groups is 1. The van der Waals surface area contributed by atoms with Gasteiger partial charge >= 0.3 is 0 Å². The molecule has 2 heterocycles. The van der Waals surface area contributed by atoms with E-state index in [0.717, 1.165) is 11.3 Å². The van der Waals surface area contributed by atoms with Gasteiger partial charge in [0.25, 0.3) is 5.91 Å². The summed E-state index contributed by atoms with van der Waals surface area (Å²) in [7, 11) is 0. The molecule has 0 saturated heterocycles. The van der Waals surface area contributed by atoms with Crippen LogP contribution >= 0.6 is 11.8 Å². The molecule has 0 bridgehead atoms. The van der Waals surface area contributed by atoms with Gasteiger partial charge in [-0.15, -0.1) is 0 Å². The Bertz CT molecular complexity index is 415. The van der Waals surface area contributed by atoms with Crippen molar-refractivity contribution in [2.75, 3.05) is 0 Å². The first-order chi connectivity index (χ1) is 6.36. The van der Waals surface area contributed by atoms with E-state index in [1.807, 2.05) is 0 Å². The minimum Gasteiger partial charge on any atom is -0.266 e. The molecule has 3 aliphatic rings. The lowest BCUT2D eigenvalue weighted by Gasteiger charge is -2.08. The van der Waals surface area contributed by atoms with Gasteiger partial charge in [0.15, 0.2) is 0 Å². The first-order valence-corrected chi connectivity index (χ1v) is 5.04. The SMILES string of the molecule is O=C1N=CCC2=C1SC1=CC=CC12. The molecule has 13 heavy (non-hydrogen) atoms. The lowest BCUT2D eigenvalue weighted by Crippen LogP contribution is -2.06. The first-order valence-electron chi connectivity index (χ1n) is 4.22. The lowest BCUT2D eigenvalue weighted by atomic mass is 9.96.